The summed E-state index contributed by atoms with van der Waals surface area (Å²) in [6.45, 7) is 1.63. The van der Waals surface area contributed by atoms with Gasteiger partial charge in [0, 0.05) is 24.2 Å². The van der Waals surface area contributed by atoms with E-state index in [-0.39, 0.29) is 5.56 Å². The maximum absolute atomic E-state index is 13.7. The van der Waals surface area contributed by atoms with Crippen LogP contribution < -0.4 is 0 Å². The highest BCUT2D eigenvalue weighted by Crippen LogP contribution is 2.26. The lowest BCUT2D eigenvalue weighted by Crippen LogP contribution is -2.17. The lowest BCUT2D eigenvalue weighted by atomic mass is 10.1. The van der Waals surface area contributed by atoms with Gasteiger partial charge in [-0.25, -0.2) is 9.18 Å². The number of benzene rings is 1. The molecular formula is C14H17FO3S. The Kier molecular flexibility index (Phi) is 5.22. The molecule has 1 heterocycles. The number of carbonyl (C=O) groups excluding carboxylic acids is 1. The molecule has 0 unspecified atom stereocenters. The predicted octanol–water partition coefficient (Wildman–Crippen LogP) is 3.02. The third-order valence-corrected chi connectivity index (χ3v) is 4.54. The summed E-state index contributed by atoms with van der Waals surface area (Å²) in [5, 5.41) is 0.581. The van der Waals surface area contributed by atoms with Gasteiger partial charge < -0.3 is 9.47 Å². The largest absolute Gasteiger partial charge is 0.465 e. The van der Waals surface area contributed by atoms with E-state index in [1.165, 1.54) is 19.2 Å². The summed E-state index contributed by atoms with van der Waals surface area (Å²) >= 11 is 1.82. The van der Waals surface area contributed by atoms with Crippen LogP contribution >= 0.6 is 11.8 Å². The van der Waals surface area contributed by atoms with Crippen LogP contribution in [0.4, 0.5) is 4.39 Å². The fraction of sp³-hybridized carbons (Fsp3) is 0.500. The maximum atomic E-state index is 13.7. The molecule has 0 N–H and O–H groups in total. The van der Waals surface area contributed by atoms with Gasteiger partial charge in [0.2, 0.25) is 0 Å². The first-order valence-electron chi connectivity index (χ1n) is 6.27. The molecule has 0 bridgehead atoms. The van der Waals surface area contributed by atoms with E-state index in [4.69, 9.17) is 4.74 Å². The SMILES string of the molecule is COC(=O)c1ccc(CSC2CCOCC2)cc1F. The van der Waals surface area contributed by atoms with E-state index in [1.54, 1.807) is 6.07 Å². The normalized spacial score (nSPS) is 16.3. The van der Waals surface area contributed by atoms with Crippen molar-refractivity contribution in [2.45, 2.75) is 23.8 Å². The minimum absolute atomic E-state index is 0.0117. The van der Waals surface area contributed by atoms with Crippen LogP contribution in [0.1, 0.15) is 28.8 Å². The molecule has 1 saturated heterocycles. The van der Waals surface area contributed by atoms with Crippen LogP contribution in [0.25, 0.3) is 0 Å². The van der Waals surface area contributed by atoms with E-state index in [0.717, 1.165) is 37.4 Å². The fourth-order valence-electron chi connectivity index (χ4n) is 1.98. The van der Waals surface area contributed by atoms with Crippen LogP contribution in [0.2, 0.25) is 0 Å². The lowest BCUT2D eigenvalue weighted by Gasteiger charge is -2.21. The number of ether oxygens (including phenoxy) is 2. The Morgan fingerprint density at radius 3 is 2.84 bits per heavy atom. The second-order valence-electron chi connectivity index (χ2n) is 4.43. The number of thioether (sulfide) groups is 1. The first-order valence-corrected chi connectivity index (χ1v) is 7.31. The second kappa shape index (κ2) is 6.91. The molecule has 0 amide bonds. The molecule has 2 rings (SSSR count). The van der Waals surface area contributed by atoms with E-state index in [9.17, 15) is 9.18 Å². The molecule has 0 radical (unpaired) electrons. The summed E-state index contributed by atoms with van der Waals surface area (Å²) in [4.78, 5) is 11.3. The highest BCUT2D eigenvalue weighted by atomic mass is 32.2. The molecule has 5 heteroatoms. The van der Waals surface area contributed by atoms with E-state index < -0.39 is 11.8 Å². The van der Waals surface area contributed by atoms with Gasteiger partial charge in [0.05, 0.1) is 12.7 Å². The van der Waals surface area contributed by atoms with E-state index in [0.29, 0.717) is 5.25 Å². The van der Waals surface area contributed by atoms with Gasteiger partial charge >= 0.3 is 5.97 Å². The third-order valence-electron chi connectivity index (χ3n) is 3.09. The zero-order valence-corrected chi connectivity index (χ0v) is 11.7. The number of rotatable bonds is 4. The molecule has 3 nitrogen and oxygen atoms in total. The smallest absolute Gasteiger partial charge is 0.340 e. The molecule has 0 spiro atoms. The standard InChI is InChI=1S/C14H17FO3S/c1-17-14(16)12-3-2-10(8-13(12)15)9-19-11-4-6-18-7-5-11/h2-3,8,11H,4-7,9H2,1H3. The Balaban J connectivity index is 1.94. The predicted molar refractivity (Wildman–Crippen MR) is 72.9 cm³/mol. The molecule has 1 aliphatic rings. The second-order valence-corrected chi connectivity index (χ2v) is 5.72. The monoisotopic (exact) mass is 284 g/mol. The highest BCUT2D eigenvalue weighted by Gasteiger charge is 2.15. The number of halogens is 1. The topological polar surface area (TPSA) is 35.5 Å². The highest BCUT2D eigenvalue weighted by molar-refractivity contribution is 7.99. The maximum Gasteiger partial charge on any atom is 0.340 e. The molecule has 1 aromatic rings. The van der Waals surface area contributed by atoms with Gasteiger partial charge in [-0.1, -0.05) is 6.07 Å². The molecule has 1 aromatic carbocycles. The Hall–Kier alpha value is -1.07. The minimum Gasteiger partial charge on any atom is -0.465 e. The molecule has 0 saturated carbocycles. The lowest BCUT2D eigenvalue weighted by molar-refractivity contribution is 0.0595. The number of carbonyl (C=O) groups is 1. The first kappa shape index (κ1) is 14.3. The van der Waals surface area contributed by atoms with E-state index >= 15 is 0 Å². The Morgan fingerprint density at radius 2 is 2.21 bits per heavy atom. The van der Waals surface area contributed by atoms with E-state index in [2.05, 4.69) is 4.74 Å². The van der Waals surface area contributed by atoms with Gasteiger partial charge in [-0.3, -0.25) is 0 Å². The fourth-order valence-corrected chi connectivity index (χ4v) is 3.11. The van der Waals surface area contributed by atoms with Crippen molar-refractivity contribution in [1.29, 1.82) is 0 Å². The van der Waals surface area contributed by atoms with Gasteiger partial charge in [-0.15, -0.1) is 0 Å². The van der Waals surface area contributed by atoms with E-state index in [1.807, 2.05) is 11.8 Å². The average Bonchev–Trinajstić information content (AvgIpc) is 2.45. The molecular weight excluding hydrogens is 267 g/mol. The Bertz CT molecular complexity index is 444. The van der Waals surface area contributed by atoms with Crippen molar-refractivity contribution in [3.8, 4) is 0 Å². The molecule has 19 heavy (non-hydrogen) atoms. The number of hydrogen-bond acceptors (Lipinski definition) is 4. The van der Waals surface area contributed by atoms with Gasteiger partial charge in [-0.05, 0) is 30.5 Å². The van der Waals surface area contributed by atoms with Crippen molar-refractivity contribution < 1.29 is 18.7 Å². The third kappa shape index (κ3) is 3.94. The summed E-state index contributed by atoms with van der Waals surface area (Å²) < 4.78 is 23.5. The summed E-state index contributed by atoms with van der Waals surface area (Å²) in [6, 6.07) is 4.68. The van der Waals surface area contributed by atoms with Gasteiger partial charge in [0.15, 0.2) is 0 Å². The van der Waals surface area contributed by atoms with Crippen molar-refractivity contribution in [2.75, 3.05) is 20.3 Å². The van der Waals surface area contributed by atoms with Crippen molar-refractivity contribution in [3.05, 3.63) is 35.1 Å². The van der Waals surface area contributed by atoms with Crippen molar-refractivity contribution in [3.63, 3.8) is 0 Å². The Labute approximate surface area is 116 Å². The molecule has 0 atom stereocenters. The first-order chi connectivity index (χ1) is 9.20. The summed E-state index contributed by atoms with van der Waals surface area (Å²) in [7, 11) is 1.25. The number of esters is 1. The summed E-state index contributed by atoms with van der Waals surface area (Å²) in [6.07, 6.45) is 2.10. The van der Waals surface area contributed by atoms with Crippen LogP contribution in [-0.4, -0.2) is 31.5 Å². The zero-order chi connectivity index (χ0) is 13.7. The molecule has 104 valence electrons. The van der Waals surface area contributed by atoms with Crippen molar-refractivity contribution >= 4 is 17.7 Å². The van der Waals surface area contributed by atoms with Crippen LogP contribution in [-0.2, 0) is 15.2 Å². The van der Waals surface area contributed by atoms with Gasteiger partial charge in [0.25, 0.3) is 0 Å². The van der Waals surface area contributed by atoms with Crippen LogP contribution in [0.15, 0.2) is 18.2 Å². The molecule has 1 aliphatic heterocycles. The zero-order valence-electron chi connectivity index (χ0n) is 10.9. The van der Waals surface area contributed by atoms with Gasteiger partial charge in [-0.2, -0.15) is 11.8 Å². The van der Waals surface area contributed by atoms with Crippen LogP contribution in [0.5, 0.6) is 0 Å². The van der Waals surface area contributed by atoms with Crippen LogP contribution in [0.3, 0.4) is 0 Å². The van der Waals surface area contributed by atoms with Crippen LogP contribution in [0, 0.1) is 5.82 Å². The summed E-state index contributed by atoms with van der Waals surface area (Å²) in [5.74, 6) is -0.402. The average molecular weight is 284 g/mol. The number of hydrogen-bond donors (Lipinski definition) is 0. The quantitative estimate of drug-likeness (QED) is 0.796. The van der Waals surface area contributed by atoms with Crippen molar-refractivity contribution in [2.24, 2.45) is 0 Å². The number of methoxy groups -OCH3 is 1. The molecule has 0 aliphatic carbocycles. The summed E-state index contributed by atoms with van der Waals surface area (Å²) in [5.41, 5.74) is 0.879. The minimum atomic E-state index is -0.638. The molecule has 1 fully saturated rings. The Morgan fingerprint density at radius 1 is 1.47 bits per heavy atom. The van der Waals surface area contributed by atoms with Gasteiger partial charge in [0.1, 0.15) is 5.82 Å². The van der Waals surface area contributed by atoms with Crippen molar-refractivity contribution in [1.82, 2.24) is 0 Å². The molecule has 0 aromatic heterocycles.